The van der Waals surface area contributed by atoms with Gasteiger partial charge in [-0.3, -0.25) is 9.59 Å². The highest BCUT2D eigenvalue weighted by Crippen LogP contribution is 2.32. The number of benzene rings is 1. The largest absolute Gasteiger partial charge is 0.481 e. The first-order valence-electron chi connectivity index (χ1n) is 6.57. The lowest BCUT2D eigenvalue weighted by molar-refractivity contribution is -0.141. The van der Waals surface area contributed by atoms with Crippen LogP contribution in [0.25, 0.3) is 0 Å². The first-order valence-corrected chi connectivity index (χ1v) is 6.57. The van der Waals surface area contributed by atoms with Gasteiger partial charge in [-0.25, -0.2) is 0 Å². The fourth-order valence-electron chi connectivity index (χ4n) is 2.74. The van der Waals surface area contributed by atoms with Gasteiger partial charge >= 0.3 is 5.97 Å². The molecular formula is C15H19NO3. The van der Waals surface area contributed by atoms with E-state index in [1.165, 1.54) is 0 Å². The maximum atomic E-state index is 12.1. The van der Waals surface area contributed by atoms with Gasteiger partial charge in [0.1, 0.15) is 0 Å². The summed E-state index contributed by atoms with van der Waals surface area (Å²) in [6, 6.07) is 5.90. The van der Waals surface area contributed by atoms with Crippen molar-refractivity contribution in [3.63, 3.8) is 0 Å². The minimum absolute atomic E-state index is 0.0613. The molecule has 0 bridgehead atoms. The van der Waals surface area contributed by atoms with Crippen molar-refractivity contribution in [2.75, 3.05) is 5.32 Å². The Morgan fingerprint density at radius 3 is 2.21 bits per heavy atom. The fourth-order valence-corrected chi connectivity index (χ4v) is 2.74. The number of aliphatic carboxylic acids is 1. The van der Waals surface area contributed by atoms with Crippen molar-refractivity contribution >= 4 is 17.6 Å². The van der Waals surface area contributed by atoms with E-state index in [1.54, 1.807) is 0 Å². The number of anilines is 1. The first-order chi connectivity index (χ1) is 8.95. The highest BCUT2D eigenvalue weighted by atomic mass is 16.4. The van der Waals surface area contributed by atoms with Crippen molar-refractivity contribution < 1.29 is 14.7 Å². The van der Waals surface area contributed by atoms with Crippen molar-refractivity contribution in [3.8, 4) is 0 Å². The van der Waals surface area contributed by atoms with Crippen LogP contribution >= 0.6 is 0 Å². The van der Waals surface area contributed by atoms with E-state index in [9.17, 15) is 9.59 Å². The summed E-state index contributed by atoms with van der Waals surface area (Å²) in [5.41, 5.74) is 3.00. The van der Waals surface area contributed by atoms with Gasteiger partial charge in [0.15, 0.2) is 0 Å². The molecule has 4 nitrogen and oxygen atoms in total. The molecule has 0 heterocycles. The van der Waals surface area contributed by atoms with E-state index in [-0.39, 0.29) is 17.7 Å². The second-order valence-electron chi connectivity index (χ2n) is 5.41. The number of hydrogen-bond donors (Lipinski definition) is 2. The van der Waals surface area contributed by atoms with Crippen LogP contribution in [0.3, 0.4) is 0 Å². The molecule has 1 amide bonds. The van der Waals surface area contributed by atoms with Gasteiger partial charge < -0.3 is 10.4 Å². The van der Waals surface area contributed by atoms with Crippen LogP contribution in [-0.4, -0.2) is 17.0 Å². The van der Waals surface area contributed by atoms with Gasteiger partial charge in [-0.15, -0.1) is 0 Å². The van der Waals surface area contributed by atoms with E-state index in [0.717, 1.165) is 16.8 Å². The van der Waals surface area contributed by atoms with E-state index in [1.807, 2.05) is 32.0 Å². The molecule has 19 heavy (non-hydrogen) atoms. The summed E-state index contributed by atoms with van der Waals surface area (Å²) in [4.78, 5) is 23.0. The lowest BCUT2D eigenvalue weighted by atomic mass is 10.0. The van der Waals surface area contributed by atoms with Crippen LogP contribution in [0.1, 0.15) is 30.4 Å². The van der Waals surface area contributed by atoms with Gasteiger partial charge in [0, 0.05) is 11.6 Å². The zero-order valence-electron chi connectivity index (χ0n) is 11.3. The van der Waals surface area contributed by atoms with E-state index >= 15 is 0 Å². The minimum atomic E-state index is -0.790. The third kappa shape index (κ3) is 3.34. The summed E-state index contributed by atoms with van der Waals surface area (Å²) < 4.78 is 0. The van der Waals surface area contributed by atoms with Crippen LogP contribution < -0.4 is 5.32 Å². The highest BCUT2D eigenvalue weighted by molar-refractivity contribution is 5.93. The molecule has 0 aliphatic heterocycles. The zero-order valence-corrected chi connectivity index (χ0v) is 11.3. The molecule has 2 rings (SSSR count). The van der Waals surface area contributed by atoms with Crippen molar-refractivity contribution in [2.45, 2.75) is 33.1 Å². The van der Waals surface area contributed by atoms with Crippen molar-refractivity contribution in [3.05, 3.63) is 29.3 Å². The average molecular weight is 261 g/mol. The van der Waals surface area contributed by atoms with Gasteiger partial charge in [0.2, 0.25) is 5.91 Å². The second kappa shape index (κ2) is 5.43. The Morgan fingerprint density at radius 2 is 1.68 bits per heavy atom. The SMILES string of the molecule is Cc1cc(C)cc(NC(=O)C2CCC(C(=O)O)C2)c1. The molecule has 1 fully saturated rings. The average Bonchev–Trinajstić information content (AvgIpc) is 2.76. The Kier molecular flexibility index (Phi) is 3.88. The number of carboxylic acid groups (broad SMARTS) is 1. The van der Waals surface area contributed by atoms with Crippen molar-refractivity contribution in [1.29, 1.82) is 0 Å². The predicted molar refractivity (Wildman–Crippen MR) is 73.0 cm³/mol. The molecule has 0 saturated heterocycles. The summed E-state index contributed by atoms with van der Waals surface area (Å²) in [5.74, 6) is -1.40. The Morgan fingerprint density at radius 1 is 1.11 bits per heavy atom. The summed E-state index contributed by atoms with van der Waals surface area (Å²) in [6.45, 7) is 3.97. The van der Waals surface area contributed by atoms with Crippen LogP contribution in [-0.2, 0) is 9.59 Å². The van der Waals surface area contributed by atoms with Gasteiger partial charge in [0.25, 0.3) is 0 Å². The molecule has 2 atom stereocenters. The lowest BCUT2D eigenvalue weighted by Gasteiger charge is -2.12. The molecule has 0 radical (unpaired) electrons. The van der Waals surface area contributed by atoms with E-state index in [4.69, 9.17) is 5.11 Å². The molecule has 2 N–H and O–H groups in total. The standard InChI is InChI=1S/C15H19NO3/c1-9-5-10(2)7-13(6-9)16-14(17)11-3-4-12(8-11)15(18)19/h5-7,11-12H,3-4,8H2,1-2H3,(H,16,17)(H,18,19). The second-order valence-corrected chi connectivity index (χ2v) is 5.41. The molecule has 1 aliphatic rings. The van der Waals surface area contributed by atoms with Crippen LogP contribution in [0.4, 0.5) is 5.69 Å². The van der Waals surface area contributed by atoms with Crippen LogP contribution in [0.2, 0.25) is 0 Å². The van der Waals surface area contributed by atoms with Crippen LogP contribution in [0.5, 0.6) is 0 Å². The molecule has 2 unspecified atom stereocenters. The Bertz CT molecular complexity index is 490. The molecular weight excluding hydrogens is 242 g/mol. The molecule has 102 valence electrons. The summed E-state index contributed by atoms with van der Waals surface area (Å²) in [6.07, 6.45) is 1.71. The number of hydrogen-bond acceptors (Lipinski definition) is 2. The zero-order chi connectivity index (χ0) is 14.0. The van der Waals surface area contributed by atoms with E-state index in [0.29, 0.717) is 19.3 Å². The molecule has 1 aromatic rings. The lowest BCUT2D eigenvalue weighted by Crippen LogP contribution is -2.21. The fraction of sp³-hybridized carbons (Fsp3) is 0.467. The molecule has 1 aromatic carbocycles. The minimum Gasteiger partial charge on any atom is -0.481 e. The van der Waals surface area contributed by atoms with E-state index in [2.05, 4.69) is 5.32 Å². The Balaban J connectivity index is 2.00. The maximum absolute atomic E-state index is 12.1. The number of nitrogens with one attached hydrogen (secondary N) is 1. The Labute approximate surface area is 112 Å². The summed E-state index contributed by atoms with van der Waals surface area (Å²) in [5, 5.41) is 11.8. The maximum Gasteiger partial charge on any atom is 0.306 e. The topological polar surface area (TPSA) is 66.4 Å². The monoisotopic (exact) mass is 261 g/mol. The third-order valence-electron chi connectivity index (χ3n) is 3.64. The molecule has 1 saturated carbocycles. The molecule has 1 aliphatic carbocycles. The summed E-state index contributed by atoms with van der Waals surface area (Å²) in [7, 11) is 0. The van der Waals surface area contributed by atoms with E-state index < -0.39 is 5.97 Å². The first kappa shape index (κ1) is 13.6. The quantitative estimate of drug-likeness (QED) is 0.879. The van der Waals surface area contributed by atoms with Gasteiger partial charge in [-0.05, 0) is 56.4 Å². The molecule has 4 heteroatoms. The number of rotatable bonds is 3. The third-order valence-corrected chi connectivity index (χ3v) is 3.64. The van der Waals surface area contributed by atoms with Gasteiger partial charge in [-0.2, -0.15) is 0 Å². The number of carbonyl (C=O) groups excluding carboxylic acids is 1. The Hall–Kier alpha value is -1.84. The number of carboxylic acids is 1. The number of carbonyl (C=O) groups is 2. The van der Waals surface area contributed by atoms with Crippen LogP contribution in [0.15, 0.2) is 18.2 Å². The van der Waals surface area contributed by atoms with Crippen molar-refractivity contribution in [2.24, 2.45) is 11.8 Å². The normalized spacial score (nSPS) is 22.2. The smallest absolute Gasteiger partial charge is 0.306 e. The molecule has 0 spiro atoms. The van der Waals surface area contributed by atoms with Gasteiger partial charge in [0.05, 0.1) is 5.92 Å². The van der Waals surface area contributed by atoms with Crippen LogP contribution in [0, 0.1) is 25.7 Å². The highest BCUT2D eigenvalue weighted by Gasteiger charge is 2.33. The predicted octanol–water partition coefficient (Wildman–Crippen LogP) is 2.74. The molecule has 0 aromatic heterocycles. The number of amides is 1. The van der Waals surface area contributed by atoms with Crippen molar-refractivity contribution in [1.82, 2.24) is 0 Å². The number of aryl methyl sites for hydroxylation is 2. The summed E-state index contributed by atoms with van der Waals surface area (Å²) >= 11 is 0. The van der Waals surface area contributed by atoms with Gasteiger partial charge in [-0.1, -0.05) is 6.07 Å².